The molecule has 1 saturated heterocycles. The van der Waals surface area contributed by atoms with Crippen LogP contribution in [0.2, 0.25) is 0 Å². The van der Waals surface area contributed by atoms with Gasteiger partial charge in [-0.3, -0.25) is 4.79 Å². The van der Waals surface area contributed by atoms with Crippen LogP contribution in [0.25, 0.3) is 0 Å². The van der Waals surface area contributed by atoms with Gasteiger partial charge in [-0.15, -0.1) is 0 Å². The Morgan fingerprint density at radius 1 is 1.48 bits per heavy atom. The summed E-state index contributed by atoms with van der Waals surface area (Å²) < 4.78 is 5.62. The van der Waals surface area contributed by atoms with Crippen molar-refractivity contribution in [2.75, 3.05) is 31.1 Å². The molecule has 0 aromatic heterocycles. The van der Waals surface area contributed by atoms with Crippen LogP contribution in [-0.4, -0.2) is 32.1 Å². The van der Waals surface area contributed by atoms with E-state index in [9.17, 15) is 4.79 Å². The number of ether oxygens (including phenoxy) is 1. The molecule has 1 aromatic carbocycles. The zero-order valence-electron chi connectivity index (χ0n) is 12.7. The molecule has 3 rings (SSSR count). The van der Waals surface area contributed by atoms with E-state index in [1.54, 1.807) is 0 Å². The van der Waals surface area contributed by atoms with Crippen LogP contribution < -0.4 is 15.0 Å². The summed E-state index contributed by atoms with van der Waals surface area (Å²) in [5, 5.41) is 3.44. The van der Waals surface area contributed by atoms with Crippen molar-refractivity contribution in [2.45, 2.75) is 26.2 Å². The number of carbonyl (C=O) groups is 1. The molecule has 1 aromatic rings. The molecular formula is C17H24N2O2. The number of amides is 1. The van der Waals surface area contributed by atoms with Crippen molar-refractivity contribution < 1.29 is 9.53 Å². The monoisotopic (exact) mass is 288 g/mol. The second-order valence-electron chi connectivity index (χ2n) is 6.15. The maximum absolute atomic E-state index is 12.7. The fraction of sp³-hybridized carbons (Fsp3) is 0.588. The third-order valence-corrected chi connectivity index (χ3v) is 4.67. The molecule has 2 unspecified atom stereocenters. The highest BCUT2D eigenvalue weighted by atomic mass is 16.5. The number of fused-ring (bicyclic) bond motifs is 1. The van der Waals surface area contributed by atoms with Crippen molar-refractivity contribution in [3.05, 3.63) is 24.3 Å². The van der Waals surface area contributed by atoms with Gasteiger partial charge in [0.15, 0.2) is 0 Å². The Balaban J connectivity index is 1.66. The average molecular weight is 288 g/mol. The van der Waals surface area contributed by atoms with Crippen LogP contribution in [-0.2, 0) is 4.79 Å². The van der Waals surface area contributed by atoms with E-state index in [1.807, 2.05) is 29.2 Å². The highest BCUT2D eigenvalue weighted by Crippen LogP contribution is 2.32. The average Bonchev–Trinajstić information content (AvgIpc) is 2.55. The summed E-state index contributed by atoms with van der Waals surface area (Å²) in [6, 6.07) is 7.81. The predicted octanol–water partition coefficient (Wildman–Crippen LogP) is 2.44. The van der Waals surface area contributed by atoms with Crippen molar-refractivity contribution in [2.24, 2.45) is 11.8 Å². The molecule has 1 N–H and O–H groups in total. The minimum absolute atomic E-state index is 0.226. The summed E-state index contributed by atoms with van der Waals surface area (Å²) in [6.45, 7) is 5.62. The first-order valence-electron chi connectivity index (χ1n) is 7.98. The molecule has 1 amide bonds. The number of piperidine rings is 1. The number of benzene rings is 1. The lowest BCUT2D eigenvalue weighted by molar-refractivity contribution is -0.120. The van der Waals surface area contributed by atoms with Crippen LogP contribution in [0, 0.1) is 11.8 Å². The zero-order chi connectivity index (χ0) is 14.7. The number of para-hydroxylation sites is 2. The summed E-state index contributed by atoms with van der Waals surface area (Å²) in [6.07, 6.45) is 3.09. The van der Waals surface area contributed by atoms with Gasteiger partial charge in [0, 0.05) is 6.42 Å². The first-order valence-corrected chi connectivity index (χ1v) is 7.98. The molecule has 0 saturated carbocycles. The molecular weight excluding hydrogens is 264 g/mol. The lowest BCUT2D eigenvalue weighted by atomic mass is 9.85. The van der Waals surface area contributed by atoms with E-state index < -0.39 is 0 Å². The van der Waals surface area contributed by atoms with Gasteiger partial charge in [0.25, 0.3) is 0 Å². The van der Waals surface area contributed by atoms with Gasteiger partial charge in [-0.05, 0) is 49.9 Å². The molecule has 0 bridgehead atoms. The van der Waals surface area contributed by atoms with Crippen molar-refractivity contribution in [3.8, 4) is 5.75 Å². The Bertz CT molecular complexity index is 497. The van der Waals surface area contributed by atoms with E-state index in [4.69, 9.17) is 4.74 Å². The topological polar surface area (TPSA) is 41.6 Å². The van der Waals surface area contributed by atoms with Gasteiger partial charge >= 0.3 is 0 Å². The van der Waals surface area contributed by atoms with Crippen LogP contribution in [0.3, 0.4) is 0 Å². The molecule has 4 heteroatoms. The molecule has 0 spiro atoms. The quantitative estimate of drug-likeness (QED) is 0.929. The molecule has 114 valence electrons. The van der Waals surface area contributed by atoms with Crippen LogP contribution in [0.1, 0.15) is 26.2 Å². The van der Waals surface area contributed by atoms with Gasteiger partial charge in [0.1, 0.15) is 12.4 Å². The van der Waals surface area contributed by atoms with Crippen LogP contribution >= 0.6 is 0 Å². The van der Waals surface area contributed by atoms with Crippen molar-refractivity contribution in [3.63, 3.8) is 0 Å². The van der Waals surface area contributed by atoms with Crippen molar-refractivity contribution >= 4 is 11.6 Å². The summed E-state index contributed by atoms with van der Waals surface area (Å²) in [5.41, 5.74) is 0.919. The molecule has 2 heterocycles. The second kappa shape index (κ2) is 6.48. The number of hydrogen-bond donors (Lipinski definition) is 1. The molecule has 0 radical (unpaired) electrons. The first-order chi connectivity index (χ1) is 10.3. The van der Waals surface area contributed by atoms with Gasteiger partial charge in [-0.1, -0.05) is 19.1 Å². The highest BCUT2D eigenvalue weighted by Gasteiger charge is 2.27. The van der Waals surface area contributed by atoms with E-state index in [-0.39, 0.29) is 5.91 Å². The molecule has 2 atom stereocenters. The molecule has 0 aliphatic carbocycles. The SMILES string of the molecule is CC(CC(=O)N1CCOc2ccccc21)C1CCCNC1. The number of carbonyl (C=O) groups excluding carboxylic acids is 1. The van der Waals surface area contributed by atoms with Crippen LogP contribution in [0.4, 0.5) is 5.69 Å². The van der Waals surface area contributed by atoms with Gasteiger partial charge in [0.2, 0.25) is 5.91 Å². The largest absolute Gasteiger partial charge is 0.490 e. The Hall–Kier alpha value is -1.55. The Morgan fingerprint density at radius 2 is 2.33 bits per heavy atom. The number of hydrogen-bond acceptors (Lipinski definition) is 3. The highest BCUT2D eigenvalue weighted by molar-refractivity contribution is 5.95. The molecule has 2 aliphatic heterocycles. The third kappa shape index (κ3) is 3.21. The molecule has 4 nitrogen and oxygen atoms in total. The van der Waals surface area contributed by atoms with Crippen molar-refractivity contribution in [1.29, 1.82) is 0 Å². The number of anilines is 1. The minimum atomic E-state index is 0.226. The van der Waals surface area contributed by atoms with Crippen molar-refractivity contribution in [1.82, 2.24) is 5.32 Å². The number of rotatable bonds is 3. The third-order valence-electron chi connectivity index (χ3n) is 4.67. The summed E-state index contributed by atoms with van der Waals surface area (Å²) in [5.74, 6) is 2.10. The normalized spacial score (nSPS) is 23.1. The van der Waals surface area contributed by atoms with E-state index in [0.29, 0.717) is 31.4 Å². The fourth-order valence-electron chi connectivity index (χ4n) is 3.35. The molecule has 1 fully saturated rings. The smallest absolute Gasteiger partial charge is 0.227 e. The van der Waals surface area contributed by atoms with Gasteiger partial charge < -0.3 is 15.0 Å². The Kier molecular flexibility index (Phi) is 4.44. The van der Waals surface area contributed by atoms with E-state index in [0.717, 1.165) is 24.5 Å². The minimum Gasteiger partial charge on any atom is -0.490 e. The zero-order valence-corrected chi connectivity index (χ0v) is 12.7. The fourth-order valence-corrected chi connectivity index (χ4v) is 3.35. The maximum Gasteiger partial charge on any atom is 0.227 e. The van der Waals surface area contributed by atoms with Gasteiger partial charge in [-0.2, -0.15) is 0 Å². The van der Waals surface area contributed by atoms with E-state index >= 15 is 0 Å². The Labute approximate surface area is 126 Å². The summed E-state index contributed by atoms with van der Waals surface area (Å²) in [4.78, 5) is 14.6. The first kappa shape index (κ1) is 14.4. The van der Waals surface area contributed by atoms with Gasteiger partial charge in [0.05, 0.1) is 12.2 Å². The van der Waals surface area contributed by atoms with E-state index in [2.05, 4.69) is 12.2 Å². The Morgan fingerprint density at radius 3 is 3.14 bits per heavy atom. The summed E-state index contributed by atoms with van der Waals surface area (Å²) >= 11 is 0. The lowest BCUT2D eigenvalue weighted by Crippen LogP contribution is -2.40. The van der Waals surface area contributed by atoms with E-state index in [1.165, 1.54) is 12.8 Å². The number of nitrogens with zero attached hydrogens (tertiary/aromatic N) is 1. The summed E-state index contributed by atoms with van der Waals surface area (Å²) in [7, 11) is 0. The molecule has 2 aliphatic rings. The number of nitrogens with one attached hydrogen (secondary N) is 1. The van der Waals surface area contributed by atoms with Crippen LogP contribution in [0.5, 0.6) is 5.75 Å². The standard InChI is InChI=1S/C17H24N2O2/c1-13(14-5-4-8-18-12-14)11-17(20)19-9-10-21-16-7-3-2-6-15(16)19/h2-3,6-7,13-14,18H,4-5,8-12H2,1H3. The lowest BCUT2D eigenvalue weighted by Gasteiger charge is -2.32. The second-order valence-corrected chi connectivity index (χ2v) is 6.15. The molecule has 21 heavy (non-hydrogen) atoms. The van der Waals surface area contributed by atoms with Crippen LogP contribution in [0.15, 0.2) is 24.3 Å². The predicted molar refractivity (Wildman–Crippen MR) is 83.7 cm³/mol. The van der Waals surface area contributed by atoms with Gasteiger partial charge in [-0.25, -0.2) is 0 Å². The maximum atomic E-state index is 12.7.